The first-order valence-corrected chi connectivity index (χ1v) is 11.5. The van der Waals surface area contributed by atoms with Crippen molar-refractivity contribution in [2.75, 3.05) is 5.32 Å². The van der Waals surface area contributed by atoms with Crippen LogP contribution in [-0.2, 0) is 0 Å². The summed E-state index contributed by atoms with van der Waals surface area (Å²) in [4.78, 5) is 27.7. The lowest BCUT2D eigenvalue weighted by atomic mass is 10.1. The lowest BCUT2D eigenvalue weighted by Gasteiger charge is -2.09. The van der Waals surface area contributed by atoms with Crippen LogP contribution in [0.3, 0.4) is 0 Å². The summed E-state index contributed by atoms with van der Waals surface area (Å²) >= 11 is 2.97. The molecule has 0 spiro atoms. The minimum atomic E-state index is -0.236. The molecule has 0 atom stereocenters. The van der Waals surface area contributed by atoms with E-state index in [0.29, 0.717) is 16.3 Å². The van der Waals surface area contributed by atoms with Gasteiger partial charge in [0.15, 0.2) is 10.8 Å². The van der Waals surface area contributed by atoms with E-state index < -0.39 is 0 Å². The van der Waals surface area contributed by atoms with Crippen molar-refractivity contribution >= 4 is 44.7 Å². The third-order valence-corrected chi connectivity index (χ3v) is 6.41. The van der Waals surface area contributed by atoms with Crippen molar-refractivity contribution < 1.29 is 4.79 Å². The van der Waals surface area contributed by atoms with Gasteiger partial charge in [0, 0.05) is 29.4 Å². The van der Waals surface area contributed by atoms with Gasteiger partial charge in [0.25, 0.3) is 5.91 Å². The molecule has 1 amide bonds. The Labute approximate surface area is 186 Å². The molecule has 5 heterocycles. The summed E-state index contributed by atoms with van der Waals surface area (Å²) in [7, 11) is 0. The predicted molar refractivity (Wildman–Crippen MR) is 125 cm³/mol. The van der Waals surface area contributed by atoms with Crippen molar-refractivity contribution in [2.45, 2.75) is 19.9 Å². The Kier molecular flexibility index (Phi) is 5.05. The van der Waals surface area contributed by atoms with Crippen LogP contribution in [0, 0.1) is 0 Å². The number of fused-ring (bicyclic) bond motifs is 1. The number of nitrogens with zero attached hydrogens (tertiary/aromatic N) is 5. The van der Waals surface area contributed by atoms with Crippen molar-refractivity contribution in [3.63, 3.8) is 0 Å². The maximum Gasteiger partial charge on any atom is 0.258 e. The number of thiophene rings is 1. The first kappa shape index (κ1) is 19.5. The highest BCUT2D eigenvalue weighted by molar-refractivity contribution is 7.14. The molecule has 5 aromatic heterocycles. The molecular formula is C22H18N6OS2. The van der Waals surface area contributed by atoms with Gasteiger partial charge in [0.05, 0.1) is 33.4 Å². The highest BCUT2D eigenvalue weighted by Gasteiger charge is 2.20. The minimum absolute atomic E-state index is 0.125. The van der Waals surface area contributed by atoms with Crippen molar-refractivity contribution in [2.24, 2.45) is 0 Å². The first-order chi connectivity index (χ1) is 15.1. The van der Waals surface area contributed by atoms with Crippen LogP contribution < -0.4 is 5.32 Å². The minimum Gasteiger partial charge on any atom is -0.298 e. The number of anilines is 1. The Morgan fingerprint density at radius 2 is 2.00 bits per heavy atom. The van der Waals surface area contributed by atoms with E-state index in [0.717, 1.165) is 27.2 Å². The molecule has 0 radical (unpaired) electrons. The van der Waals surface area contributed by atoms with Crippen molar-refractivity contribution in [3.8, 4) is 21.8 Å². The maximum absolute atomic E-state index is 13.3. The Morgan fingerprint density at radius 1 is 1.10 bits per heavy atom. The quantitative estimate of drug-likeness (QED) is 0.385. The van der Waals surface area contributed by atoms with Gasteiger partial charge in [-0.05, 0) is 43.5 Å². The number of amides is 1. The van der Waals surface area contributed by atoms with Gasteiger partial charge >= 0.3 is 0 Å². The normalized spacial score (nSPS) is 11.3. The molecule has 154 valence electrons. The van der Waals surface area contributed by atoms with Gasteiger partial charge in [0.1, 0.15) is 0 Å². The van der Waals surface area contributed by atoms with Gasteiger partial charge in [-0.25, -0.2) is 14.6 Å². The summed E-state index contributed by atoms with van der Waals surface area (Å²) < 4.78 is 1.84. The fourth-order valence-corrected chi connectivity index (χ4v) is 4.68. The molecule has 0 aliphatic heterocycles. The Bertz CT molecular complexity index is 1360. The molecule has 1 N–H and O–H groups in total. The number of carbonyl (C=O) groups excluding carboxylic acids is 1. The largest absolute Gasteiger partial charge is 0.298 e. The molecule has 0 saturated heterocycles. The number of carbonyl (C=O) groups is 1. The van der Waals surface area contributed by atoms with Crippen molar-refractivity contribution in [3.05, 3.63) is 65.2 Å². The molecule has 0 aliphatic rings. The van der Waals surface area contributed by atoms with Crippen LogP contribution in [0.2, 0.25) is 0 Å². The van der Waals surface area contributed by atoms with Crippen LogP contribution in [0.5, 0.6) is 0 Å². The Hall–Kier alpha value is -3.43. The number of nitrogens with one attached hydrogen (secondary N) is 1. The second kappa shape index (κ2) is 8.01. The zero-order valence-electron chi connectivity index (χ0n) is 16.8. The molecule has 0 fully saturated rings. The fourth-order valence-electron chi connectivity index (χ4n) is 3.28. The van der Waals surface area contributed by atoms with Crippen LogP contribution in [0.1, 0.15) is 30.2 Å². The van der Waals surface area contributed by atoms with Gasteiger partial charge in [-0.2, -0.15) is 5.10 Å². The lowest BCUT2D eigenvalue weighted by molar-refractivity contribution is 0.102. The van der Waals surface area contributed by atoms with E-state index in [4.69, 9.17) is 4.98 Å². The molecule has 0 aromatic carbocycles. The molecule has 31 heavy (non-hydrogen) atoms. The van der Waals surface area contributed by atoms with Crippen LogP contribution in [0.25, 0.3) is 32.9 Å². The highest BCUT2D eigenvalue weighted by atomic mass is 32.1. The van der Waals surface area contributed by atoms with E-state index in [-0.39, 0.29) is 11.9 Å². The zero-order valence-corrected chi connectivity index (χ0v) is 18.4. The summed E-state index contributed by atoms with van der Waals surface area (Å²) in [5.74, 6) is -0.236. The second-order valence-electron chi connectivity index (χ2n) is 7.19. The average Bonchev–Trinajstić information content (AvgIpc) is 3.53. The molecule has 0 saturated carbocycles. The van der Waals surface area contributed by atoms with Gasteiger partial charge < -0.3 is 0 Å². The Morgan fingerprint density at radius 3 is 2.74 bits per heavy atom. The van der Waals surface area contributed by atoms with Crippen molar-refractivity contribution in [1.82, 2.24) is 24.7 Å². The summed E-state index contributed by atoms with van der Waals surface area (Å²) in [6.07, 6.45) is 5.18. The van der Waals surface area contributed by atoms with E-state index in [1.165, 1.54) is 11.3 Å². The summed E-state index contributed by atoms with van der Waals surface area (Å²) in [6, 6.07) is 9.72. The van der Waals surface area contributed by atoms with Crippen LogP contribution >= 0.6 is 22.7 Å². The van der Waals surface area contributed by atoms with Gasteiger partial charge in [-0.1, -0.05) is 6.07 Å². The van der Waals surface area contributed by atoms with E-state index in [2.05, 4.69) is 20.4 Å². The molecular weight excluding hydrogens is 428 g/mol. The molecule has 0 bridgehead atoms. The summed E-state index contributed by atoms with van der Waals surface area (Å²) in [5.41, 5.74) is 3.66. The number of thiazole rings is 1. The van der Waals surface area contributed by atoms with Crippen molar-refractivity contribution in [1.29, 1.82) is 0 Å². The number of pyridine rings is 2. The van der Waals surface area contributed by atoms with Crippen LogP contribution in [0.15, 0.2) is 59.7 Å². The fraction of sp³-hybridized carbons (Fsp3) is 0.136. The van der Waals surface area contributed by atoms with Crippen LogP contribution in [-0.4, -0.2) is 30.6 Å². The van der Waals surface area contributed by atoms with Gasteiger partial charge in [-0.3, -0.25) is 15.1 Å². The number of aromatic nitrogens is 5. The molecule has 0 unspecified atom stereocenters. The SMILES string of the molecule is CC(C)n1ncc2c(C(=O)Nc3nc(-c4cccnc4)cs3)cc(-c3cccs3)nc21. The monoisotopic (exact) mass is 446 g/mol. The Balaban J connectivity index is 1.53. The molecule has 0 aliphatic carbocycles. The average molecular weight is 447 g/mol. The van der Waals surface area contributed by atoms with E-state index in [9.17, 15) is 4.79 Å². The number of rotatable bonds is 5. The maximum atomic E-state index is 13.3. The second-order valence-corrected chi connectivity index (χ2v) is 8.99. The molecule has 9 heteroatoms. The summed E-state index contributed by atoms with van der Waals surface area (Å²) in [6.45, 7) is 4.09. The third-order valence-electron chi connectivity index (χ3n) is 4.76. The standard InChI is InChI=1S/C22H18N6OS2/c1-13(2)28-20-16(11-24-28)15(9-17(25-20)19-6-4-8-30-19)21(29)27-22-26-18(12-31-22)14-5-3-7-23-10-14/h3-13H,1-2H3,(H,26,27,29). The molecule has 5 aromatic rings. The number of hydrogen-bond acceptors (Lipinski definition) is 7. The van der Waals surface area contributed by atoms with Gasteiger partial charge in [-0.15, -0.1) is 22.7 Å². The first-order valence-electron chi connectivity index (χ1n) is 9.69. The molecule has 7 nitrogen and oxygen atoms in total. The van der Waals surface area contributed by atoms with Crippen LogP contribution in [0.4, 0.5) is 5.13 Å². The van der Waals surface area contributed by atoms with Gasteiger partial charge in [0.2, 0.25) is 0 Å². The smallest absolute Gasteiger partial charge is 0.258 e. The predicted octanol–water partition coefficient (Wildman–Crippen LogP) is 5.51. The third kappa shape index (κ3) is 3.73. The highest BCUT2D eigenvalue weighted by Crippen LogP contribution is 2.30. The van der Waals surface area contributed by atoms with E-state index >= 15 is 0 Å². The summed E-state index contributed by atoms with van der Waals surface area (Å²) in [5, 5.41) is 12.6. The zero-order chi connectivity index (χ0) is 21.4. The van der Waals surface area contributed by atoms with E-state index in [1.54, 1.807) is 29.9 Å². The number of hydrogen-bond donors (Lipinski definition) is 1. The lowest BCUT2D eigenvalue weighted by Crippen LogP contribution is -2.13. The molecule has 5 rings (SSSR count). The topological polar surface area (TPSA) is 85.6 Å². The van der Waals surface area contributed by atoms with E-state index in [1.807, 2.05) is 59.6 Å².